The number of hydrogen-bond acceptors (Lipinski definition) is 15. The Morgan fingerprint density at radius 3 is 2.54 bits per heavy atom. The SMILES string of the molecule is CC(C)(O/N=C(\C(=O)N[C@H]1CON(C2(C(=O)O)CC([N+]3=C(O)[n+]4cc(=O)c(O)cn4C3=O)C(=O)O2)C1=O)c1csc(N)n1)C(=O)O. The van der Waals surface area contributed by atoms with E-state index in [-0.39, 0.29) is 15.9 Å². The van der Waals surface area contributed by atoms with Gasteiger partial charge < -0.3 is 41.1 Å². The van der Waals surface area contributed by atoms with E-state index in [4.69, 9.17) is 20.1 Å². The lowest BCUT2D eigenvalue weighted by Crippen LogP contribution is -2.57. The second kappa shape index (κ2) is 10.9. The maximum atomic E-state index is 13.4. The van der Waals surface area contributed by atoms with Gasteiger partial charge in [-0.25, -0.2) is 19.4 Å². The van der Waals surface area contributed by atoms with Crippen LogP contribution in [0.5, 0.6) is 5.75 Å². The van der Waals surface area contributed by atoms with Crippen LogP contribution in [0.25, 0.3) is 0 Å². The number of carboxylic acid groups (broad SMARTS) is 2. The monoisotopic (exact) mass is 666 g/mol. The highest BCUT2D eigenvalue weighted by Gasteiger charge is 2.68. The highest BCUT2D eigenvalue weighted by atomic mass is 32.1. The van der Waals surface area contributed by atoms with Crippen molar-refractivity contribution in [2.24, 2.45) is 5.16 Å². The number of nitrogens with zero attached hydrogens (tertiary/aromatic N) is 6. The molecule has 3 atom stereocenters. The average molecular weight is 667 g/mol. The molecule has 7 N–H and O–H groups in total. The molecular formula is C23H22N8O14S+2. The molecule has 242 valence electrons. The van der Waals surface area contributed by atoms with Gasteiger partial charge >= 0.3 is 35.7 Å². The fraction of sp³-hybridized carbons (Fsp3) is 0.348. The molecule has 2 aromatic rings. The largest absolute Gasteiger partial charge is 0.613 e. The Labute approximate surface area is 257 Å². The number of aromatic nitrogens is 3. The molecular weight excluding hydrogens is 644 g/mol. The van der Waals surface area contributed by atoms with Crippen molar-refractivity contribution in [1.29, 1.82) is 0 Å². The van der Waals surface area contributed by atoms with Gasteiger partial charge in [0.15, 0.2) is 10.8 Å². The zero-order chi connectivity index (χ0) is 33.9. The second-order valence-electron chi connectivity index (χ2n) is 10.3. The number of hydrogen-bond donors (Lipinski definition) is 6. The van der Waals surface area contributed by atoms with Crippen molar-refractivity contribution < 1.29 is 72.9 Å². The Morgan fingerprint density at radius 2 is 1.93 bits per heavy atom. The Bertz CT molecular complexity index is 1860. The van der Waals surface area contributed by atoms with Crippen LogP contribution in [0.4, 0.5) is 9.93 Å². The van der Waals surface area contributed by atoms with E-state index in [2.05, 4.69) is 15.5 Å². The summed E-state index contributed by atoms with van der Waals surface area (Å²) in [5.41, 5.74) is -0.942. The van der Waals surface area contributed by atoms with Crippen LogP contribution in [0.3, 0.4) is 0 Å². The van der Waals surface area contributed by atoms with Crippen LogP contribution >= 0.6 is 11.3 Å². The highest BCUT2D eigenvalue weighted by molar-refractivity contribution is 7.13. The van der Waals surface area contributed by atoms with E-state index in [1.54, 1.807) is 0 Å². The lowest BCUT2D eigenvalue weighted by molar-refractivity contribution is -0.664. The lowest BCUT2D eigenvalue weighted by atomic mass is 10.1. The summed E-state index contributed by atoms with van der Waals surface area (Å²) in [4.78, 5) is 102. The number of cyclic esters (lactones) is 1. The minimum atomic E-state index is -2.91. The number of nitrogen functional groups attached to an aromatic ring is 1. The Balaban J connectivity index is 1.39. The fourth-order valence-electron chi connectivity index (χ4n) is 4.36. The van der Waals surface area contributed by atoms with Gasteiger partial charge in [0.25, 0.3) is 17.2 Å². The van der Waals surface area contributed by atoms with E-state index in [1.165, 1.54) is 5.38 Å². The van der Waals surface area contributed by atoms with Gasteiger partial charge in [0.05, 0.1) is 15.8 Å². The van der Waals surface area contributed by atoms with E-state index >= 15 is 0 Å². The maximum Gasteiger partial charge on any atom is 0.613 e. The second-order valence-corrected chi connectivity index (χ2v) is 11.1. The van der Waals surface area contributed by atoms with Gasteiger partial charge in [0.1, 0.15) is 18.3 Å². The summed E-state index contributed by atoms with van der Waals surface area (Å²) in [6.45, 7) is 1.59. The normalized spacial score (nSPS) is 23.0. The third-order valence-electron chi connectivity index (χ3n) is 6.81. The topological polar surface area (TPSA) is 306 Å². The summed E-state index contributed by atoms with van der Waals surface area (Å²) in [5, 5.41) is 47.0. The molecule has 3 aliphatic heterocycles. The van der Waals surface area contributed by atoms with Crippen LogP contribution < -0.4 is 21.2 Å². The first-order valence-electron chi connectivity index (χ1n) is 12.7. The molecule has 0 bridgehead atoms. The van der Waals surface area contributed by atoms with Crippen molar-refractivity contribution in [2.45, 2.75) is 43.7 Å². The summed E-state index contributed by atoms with van der Waals surface area (Å²) in [5.74, 6) is -8.01. The van der Waals surface area contributed by atoms with Crippen molar-refractivity contribution >= 4 is 64.0 Å². The molecule has 5 rings (SSSR count). The first-order valence-corrected chi connectivity index (χ1v) is 13.6. The number of ether oxygens (including phenoxy) is 1. The number of fused-ring (bicyclic) bond motifs is 1. The first kappa shape index (κ1) is 31.5. The van der Waals surface area contributed by atoms with Gasteiger partial charge in [-0.2, -0.15) is 9.86 Å². The van der Waals surface area contributed by atoms with Gasteiger partial charge in [0.2, 0.25) is 29.8 Å². The van der Waals surface area contributed by atoms with Crippen molar-refractivity contribution in [1.82, 2.24) is 20.0 Å². The number of aromatic hydroxyl groups is 1. The minimum Gasteiger partial charge on any atom is -0.501 e. The van der Waals surface area contributed by atoms with E-state index in [9.17, 15) is 54.0 Å². The molecule has 23 heteroatoms. The Hall–Kier alpha value is -5.97. The molecule has 0 aromatic carbocycles. The molecule has 46 heavy (non-hydrogen) atoms. The molecule has 0 spiro atoms. The van der Waals surface area contributed by atoms with Crippen molar-refractivity contribution in [3.63, 3.8) is 0 Å². The van der Waals surface area contributed by atoms with Crippen molar-refractivity contribution in [3.8, 4) is 5.75 Å². The number of anilines is 1. The number of carboxylic acids is 2. The predicted molar refractivity (Wildman–Crippen MR) is 142 cm³/mol. The summed E-state index contributed by atoms with van der Waals surface area (Å²) < 4.78 is 6.58. The highest BCUT2D eigenvalue weighted by Crippen LogP contribution is 2.36. The zero-order valence-electron chi connectivity index (χ0n) is 23.3. The minimum absolute atomic E-state index is 0.00498. The van der Waals surface area contributed by atoms with Crippen molar-refractivity contribution in [3.05, 3.63) is 33.7 Å². The smallest absolute Gasteiger partial charge is 0.501 e. The summed E-state index contributed by atoms with van der Waals surface area (Å²) in [6, 6.07) is -5.73. The molecule has 2 aromatic heterocycles. The van der Waals surface area contributed by atoms with E-state index < -0.39 is 95.1 Å². The molecule has 0 aliphatic carbocycles. The maximum absolute atomic E-state index is 13.4. The number of nitrogens with two attached hydrogens (primary N) is 1. The van der Waals surface area contributed by atoms with Crippen LogP contribution in [0.1, 0.15) is 26.0 Å². The Morgan fingerprint density at radius 1 is 1.24 bits per heavy atom. The molecule has 0 radical (unpaired) electrons. The molecule has 3 amide bonds. The predicted octanol–water partition coefficient (Wildman–Crippen LogP) is -3.72. The number of aliphatic carboxylic acids is 2. The molecule has 2 saturated heterocycles. The number of hydroxylamine groups is 2. The van der Waals surface area contributed by atoms with E-state index in [0.29, 0.717) is 26.3 Å². The molecule has 2 unspecified atom stereocenters. The lowest BCUT2D eigenvalue weighted by Gasteiger charge is -2.30. The number of rotatable bonds is 9. The van der Waals surface area contributed by atoms with E-state index in [1.807, 2.05) is 0 Å². The summed E-state index contributed by atoms with van der Waals surface area (Å²) in [7, 11) is 0. The number of aliphatic hydroxyl groups excluding tert-OH is 1. The third-order valence-corrected chi connectivity index (χ3v) is 7.48. The number of thiazole rings is 1. The van der Waals surface area contributed by atoms with Crippen molar-refractivity contribution in [2.75, 3.05) is 12.3 Å². The van der Waals surface area contributed by atoms with Crippen LogP contribution in [0.15, 0.2) is 27.7 Å². The van der Waals surface area contributed by atoms with Crippen LogP contribution in [-0.2, 0) is 38.4 Å². The molecule has 3 aliphatic rings. The number of esters is 1. The van der Waals surface area contributed by atoms with Gasteiger partial charge in [0, 0.05) is 5.38 Å². The number of amides is 3. The fourth-order valence-corrected chi connectivity index (χ4v) is 4.91. The van der Waals surface area contributed by atoms with E-state index in [0.717, 1.165) is 25.2 Å². The zero-order valence-corrected chi connectivity index (χ0v) is 24.2. The number of carbonyl (C=O) groups excluding carboxylic acids is 4. The number of nitrogens with one attached hydrogen (secondary N) is 1. The Kier molecular flexibility index (Phi) is 7.44. The van der Waals surface area contributed by atoms with Gasteiger partial charge in [-0.15, -0.1) is 11.3 Å². The molecule has 5 heterocycles. The van der Waals surface area contributed by atoms with Gasteiger partial charge in [-0.3, -0.25) is 19.2 Å². The van der Waals surface area contributed by atoms with Crippen LogP contribution in [-0.4, -0.2) is 117 Å². The average Bonchev–Trinajstić information content (AvgIpc) is 3.71. The quantitative estimate of drug-likeness (QED) is 0.0648. The molecule has 22 nitrogen and oxygen atoms in total. The standard InChI is InChI=1S/C23H20N8O14S/c1-22(2,17(37)38)45-27-13(9-7-46-19(24)26-9)14(34)25-8-6-43-31(15(8)35)23(18(39)40)3-10(16(36)44-23)30-20(41)28-4-11(32)12(33)5-29(28)21(30)42/h4-5,7-8,10H,3,6H2,1-2H3,(H5-,24,25,26,32,34,37,38,39,40)/p+2/b27-13-/t8-,10?,23?/m0/s1. The first-order chi connectivity index (χ1) is 21.5. The number of carbonyl (C=O) groups is 6. The van der Waals surface area contributed by atoms with Gasteiger partial charge in [-0.1, -0.05) is 9.73 Å². The summed E-state index contributed by atoms with van der Waals surface area (Å²) in [6.07, 6.45) is 0.272. The third kappa shape index (κ3) is 5.01. The summed E-state index contributed by atoms with van der Waals surface area (Å²) >= 11 is 0.903. The number of oxime groups is 1. The molecule has 2 fully saturated rings. The van der Waals surface area contributed by atoms with Gasteiger partial charge in [-0.05, 0) is 13.8 Å². The number of aliphatic hydroxyl groups is 1. The van der Waals surface area contributed by atoms with Crippen LogP contribution in [0.2, 0.25) is 0 Å². The molecule has 0 saturated carbocycles. The van der Waals surface area contributed by atoms with Crippen LogP contribution in [0, 0.1) is 0 Å².